The quantitative estimate of drug-likeness (QED) is 0.740. The van der Waals surface area contributed by atoms with E-state index in [-0.39, 0.29) is 0 Å². The van der Waals surface area contributed by atoms with Crippen LogP contribution in [0.15, 0.2) is 54.7 Å². The van der Waals surface area contributed by atoms with Gasteiger partial charge in [0.2, 0.25) is 0 Å². The average Bonchev–Trinajstić information content (AvgIpc) is 2.98. The molecule has 4 heteroatoms. The first kappa shape index (κ1) is 12.4. The van der Waals surface area contributed by atoms with Crippen LogP contribution < -0.4 is 5.73 Å². The number of nitrogens with two attached hydrogens (primary N) is 1. The van der Waals surface area contributed by atoms with Crippen LogP contribution in [0.5, 0.6) is 0 Å². The molecule has 2 aromatic carbocycles. The summed E-state index contributed by atoms with van der Waals surface area (Å²) in [5.41, 5.74) is 11.0. The molecule has 0 saturated carbocycles. The van der Waals surface area contributed by atoms with Gasteiger partial charge in [-0.25, -0.2) is 4.68 Å². The third-order valence-electron chi connectivity index (χ3n) is 3.37. The van der Waals surface area contributed by atoms with Crippen LogP contribution in [0.25, 0.3) is 16.9 Å². The Labute approximate surface area is 117 Å². The highest BCUT2D eigenvalue weighted by Gasteiger charge is 2.09. The van der Waals surface area contributed by atoms with Gasteiger partial charge in [-0.3, -0.25) is 0 Å². The summed E-state index contributed by atoms with van der Waals surface area (Å²) in [6.07, 6.45) is 2.69. The maximum atomic E-state index is 5.96. The number of hydrogen-bond donors (Lipinski definition) is 1. The standard InChI is InChI=1S/C16H16N4/c1-2-12-10-13(8-9-15(12)17)16-11-18-19-20(16)14-6-4-3-5-7-14/h3-11H,2,17H2,1H3. The zero-order valence-electron chi connectivity index (χ0n) is 11.3. The van der Waals surface area contributed by atoms with Crippen LogP contribution in [-0.2, 0) is 6.42 Å². The fraction of sp³-hybridized carbons (Fsp3) is 0.125. The summed E-state index contributed by atoms with van der Waals surface area (Å²) in [4.78, 5) is 0. The lowest BCUT2D eigenvalue weighted by atomic mass is 10.0. The van der Waals surface area contributed by atoms with Gasteiger partial charge in [0.15, 0.2) is 0 Å². The van der Waals surface area contributed by atoms with E-state index in [2.05, 4.69) is 23.3 Å². The molecule has 1 aromatic heterocycles. The summed E-state index contributed by atoms with van der Waals surface area (Å²) in [5.74, 6) is 0. The van der Waals surface area contributed by atoms with Gasteiger partial charge in [-0.15, -0.1) is 5.10 Å². The molecule has 3 aromatic rings. The van der Waals surface area contributed by atoms with Crippen LogP contribution in [0.1, 0.15) is 12.5 Å². The largest absolute Gasteiger partial charge is 0.399 e. The van der Waals surface area contributed by atoms with Crippen LogP contribution in [0.2, 0.25) is 0 Å². The fourth-order valence-corrected chi connectivity index (χ4v) is 2.26. The third-order valence-corrected chi connectivity index (χ3v) is 3.37. The van der Waals surface area contributed by atoms with Crippen molar-refractivity contribution in [2.75, 3.05) is 5.73 Å². The van der Waals surface area contributed by atoms with Gasteiger partial charge in [-0.1, -0.05) is 36.4 Å². The number of aromatic nitrogens is 3. The number of aryl methyl sites for hydroxylation is 1. The SMILES string of the molecule is CCc1cc(-c2cnnn2-c2ccccc2)ccc1N. The maximum Gasteiger partial charge on any atom is 0.0944 e. The number of para-hydroxylation sites is 1. The van der Waals surface area contributed by atoms with Crippen LogP contribution in [-0.4, -0.2) is 15.0 Å². The Bertz CT molecular complexity index is 716. The van der Waals surface area contributed by atoms with Gasteiger partial charge in [-0.05, 0) is 36.2 Å². The van der Waals surface area contributed by atoms with Gasteiger partial charge < -0.3 is 5.73 Å². The Morgan fingerprint density at radius 3 is 2.65 bits per heavy atom. The Balaban J connectivity index is 2.10. The Hall–Kier alpha value is -2.62. The fourth-order valence-electron chi connectivity index (χ4n) is 2.26. The molecule has 0 spiro atoms. The number of rotatable bonds is 3. The van der Waals surface area contributed by atoms with E-state index in [1.807, 2.05) is 47.1 Å². The molecule has 0 amide bonds. The van der Waals surface area contributed by atoms with Crippen LogP contribution >= 0.6 is 0 Å². The molecule has 0 radical (unpaired) electrons. The minimum atomic E-state index is 0.829. The van der Waals surface area contributed by atoms with Crippen molar-refractivity contribution in [2.45, 2.75) is 13.3 Å². The molecular formula is C16H16N4. The molecule has 1 heterocycles. The van der Waals surface area contributed by atoms with E-state index in [0.29, 0.717) is 0 Å². The highest BCUT2D eigenvalue weighted by atomic mass is 15.4. The normalized spacial score (nSPS) is 10.7. The second-order valence-corrected chi connectivity index (χ2v) is 4.63. The van der Waals surface area contributed by atoms with Crippen molar-refractivity contribution in [1.29, 1.82) is 0 Å². The molecule has 0 bridgehead atoms. The van der Waals surface area contributed by atoms with Crippen LogP contribution in [0.3, 0.4) is 0 Å². The predicted molar refractivity (Wildman–Crippen MR) is 80.6 cm³/mol. The first-order chi connectivity index (χ1) is 9.79. The molecule has 0 aliphatic rings. The molecule has 0 saturated heterocycles. The number of anilines is 1. The summed E-state index contributed by atoms with van der Waals surface area (Å²) in [5, 5.41) is 8.21. The van der Waals surface area contributed by atoms with Crippen LogP contribution in [0, 0.1) is 0 Å². The minimum Gasteiger partial charge on any atom is -0.399 e. The molecule has 4 nitrogen and oxygen atoms in total. The monoisotopic (exact) mass is 264 g/mol. The van der Waals surface area contributed by atoms with Gasteiger partial charge in [0.05, 0.1) is 17.6 Å². The van der Waals surface area contributed by atoms with E-state index in [0.717, 1.165) is 34.6 Å². The zero-order valence-corrected chi connectivity index (χ0v) is 11.3. The summed E-state index contributed by atoms with van der Waals surface area (Å²) in [6, 6.07) is 16.0. The summed E-state index contributed by atoms with van der Waals surface area (Å²) in [6.45, 7) is 2.10. The predicted octanol–water partition coefficient (Wildman–Crippen LogP) is 3.08. The van der Waals surface area contributed by atoms with Crippen molar-refractivity contribution in [3.63, 3.8) is 0 Å². The van der Waals surface area contributed by atoms with E-state index in [1.165, 1.54) is 0 Å². The maximum absolute atomic E-state index is 5.96. The van der Waals surface area contributed by atoms with Crippen molar-refractivity contribution < 1.29 is 0 Å². The molecule has 0 unspecified atom stereocenters. The highest BCUT2D eigenvalue weighted by Crippen LogP contribution is 2.25. The number of nitrogen functional groups attached to an aromatic ring is 1. The van der Waals surface area contributed by atoms with E-state index in [4.69, 9.17) is 5.73 Å². The first-order valence-electron chi connectivity index (χ1n) is 6.64. The number of nitrogens with zero attached hydrogens (tertiary/aromatic N) is 3. The molecule has 0 fully saturated rings. The third kappa shape index (κ3) is 2.16. The average molecular weight is 264 g/mol. The molecule has 0 aliphatic heterocycles. The lowest BCUT2D eigenvalue weighted by molar-refractivity contribution is 0.808. The lowest BCUT2D eigenvalue weighted by Gasteiger charge is -2.09. The molecule has 2 N–H and O–H groups in total. The summed E-state index contributed by atoms with van der Waals surface area (Å²) >= 11 is 0. The van der Waals surface area contributed by atoms with E-state index < -0.39 is 0 Å². The molecule has 3 rings (SSSR count). The molecule has 0 atom stereocenters. The minimum absolute atomic E-state index is 0.829. The Kier molecular flexibility index (Phi) is 3.21. The van der Waals surface area contributed by atoms with Crippen molar-refractivity contribution in [1.82, 2.24) is 15.0 Å². The van der Waals surface area contributed by atoms with Gasteiger partial charge in [-0.2, -0.15) is 0 Å². The second-order valence-electron chi connectivity index (χ2n) is 4.63. The topological polar surface area (TPSA) is 56.7 Å². The van der Waals surface area contributed by atoms with E-state index in [9.17, 15) is 0 Å². The van der Waals surface area contributed by atoms with Gasteiger partial charge in [0, 0.05) is 11.3 Å². The van der Waals surface area contributed by atoms with Crippen molar-refractivity contribution in [2.24, 2.45) is 0 Å². The van der Waals surface area contributed by atoms with E-state index >= 15 is 0 Å². The molecule has 20 heavy (non-hydrogen) atoms. The first-order valence-corrected chi connectivity index (χ1v) is 6.64. The second kappa shape index (κ2) is 5.17. The highest BCUT2D eigenvalue weighted by molar-refractivity contribution is 5.66. The van der Waals surface area contributed by atoms with Gasteiger partial charge in [0.25, 0.3) is 0 Å². The number of hydrogen-bond acceptors (Lipinski definition) is 3. The van der Waals surface area contributed by atoms with Crippen molar-refractivity contribution >= 4 is 5.69 Å². The lowest BCUT2D eigenvalue weighted by Crippen LogP contribution is -2.00. The summed E-state index contributed by atoms with van der Waals surface area (Å²) in [7, 11) is 0. The van der Waals surface area contributed by atoms with Gasteiger partial charge >= 0.3 is 0 Å². The molecule has 100 valence electrons. The molecule has 0 aliphatic carbocycles. The van der Waals surface area contributed by atoms with Crippen molar-refractivity contribution in [3.8, 4) is 16.9 Å². The van der Waals surface area contributed by atoms with Gasteiger partial charge in [0.1, 0.15) is 0 Å². The Morgan fingerprint density at radius 2 is 1.90 bits per heavy atom. The zero-order chi connectivity index (χ0) is 13.9. The van der Waals surface area contributed by atoms with Crippen LogP contribution in [0.4, 0.5) is 5.69 Å². The Morgan fingerprint density at radius 1 is 1.10 bits per heavy atom. The van der Waals surface area contributed by atoms with Crippen molar-refractivity contribution in [3.05, 3.63) is 60.3 Å². The van der Waals surface area contributed by atoms with E-state index in [1.54, 1.807) is 6.20 Å². The summed E-state index contributed by atoms with van der Waals surface area (Å²) < 4.78 is 1.84. The molecular weight excluding hydrogens is 248 g/mol. The number of benzene rings is 2. The smallest absolute Gasteiger partial charge is 0.0944 e.